The number of rotatable bonds is 8. The summed E-state index contributed by atoms with van der Waals surface area (Å²) in [4.78, 5) is 11.6. The van der Waals surface area contributed by atoms with Gasteiger partial charge in [-0.1, -0.05) is 27.2 Å². The fourth-order valence-corrected chi connectivity index (χ4v) is 1.33. The molecule has 0 amide bonds. The third-order valence-corrected chi connectivity index (χ3v) is 2.24. The van der Waals surface area contributed by atoms with Gasteiger partial charge in [-0.05, 0) is 18.8 Å². The molecule has 0 saturated carbocycles. The van der Waals surface area contributed by atoms with Gasteiger partial charge < -0.3 is 9.47 Å². The standard InChI is InChI=1S/C12H24O3/c1-5-8-15-12(13)11(9-14-4)7-6-10(2)3/h10-11H,5-9H2,1-4H3. The second-order valence-corrected chi connectivity index (χ2v) is 4.29. The van der Waals surface area contributed by atoms with Crippen molar-refractivity contribution >= 4 is 5.97 Å². The smallest absolute Gasteiger partial charge is 0.311 e. The minimum absolute atomic E-state index is 0.0936. The molecule has 1 unspecified atom stereocenters. The van der Waals surface area contributed by atoms with Crippen LogP contribution in [0, 0.1) is 11.8 Å². The Morgan fingerprint density at radius 3 is 2.40 bits per heavy atom. The van der Waals surface area contributed by atoms with Crippen molar-refractivity contribution in [2.45, 2.75) is 40.0 Å². The highest BCUT2D eigenvalue weighted by Crippen LogP contribution is 2.14. The normalized spacial score (nSPS) is 12.9. The van der Waals surface area contributed by atoms with Crippen LogP contribution >= 0.6 is 0 Å². The molecule has 1 atom stereocenters. The second kappa shape index (κ2) is 8.72. The maximum atomic E-state index is 11.6. The first-order valence-corrected chi connectivity index (χ1v) is 5.77. The molecule has 90 valence electrons. The summed E-state index contributed by atoms with van der Waals surface area (Å²) in [6, 6.07) is 0. The molecule has 0 N–H and O–H groups in total. The van der Waals surface area contributed by atoms with Gasteiger partial charge in [0.05, 0.1) is 19.1 Å². The van der Waals surface area contributed by atoms with E-state index >= 15 is 0 Å². The Morgan fingerprint density at radius 1 is 1.27 bits per heavy atom. The van der Waals surface area contributed by atoms with Gasteiger partial charge >= 0.3 is 5.97 Å². The summed E-state index contributed by atoms with van der Waals surface area (Å²) in [5.74, 6) is 0.409. The molecule has 0 fully saturated rings. The molecule has 0 aliphatic carbocycles. The van der Waals surface area contributed by atoms with Crippen LogP contribution in [-0.2, 0) is 14.3 Å². The van der Waals surface area contributed by atoms with Gasteiger partial charge in [0.1, 0.15) is 0 Å². The van der Waals surface area contributed by atoms with Gasteiger partial charge in [0.25, 0.3) is 0 Å². The van der Waals surface area contributed by atoms with E-state index in [0.29, 0.717) is 19.1 Å². The van der Waals surface area contributed by atoms with Crippen LogP contribution in [0.5, 0.6) is 0 Å². The number of ether oxygens (including phenoxy) is 2. The Bertz CT molecular complexity index is 166. The van der Waals surface area contributed by atoms with Crippen LogP contribution in [0.4, 0.5) is 0 Å². The van der Waals surface area contributed by atoms with E-state index in [0.717, 1.165) is 19.3 Å². The quantitative estimate of drug-likeness (QED) is 0.585. The summed E-state index contributed by atoms with van der Waals surface area (Å²) in [5, 5.41) is 0. The fraction of sp³-hybridized carbons (Fsp3) is 0.917. The molecule has 0 spiro atoms. The number of methoxy groups -OCH3 is 1. The van der Waals surface area contributed by atoms with Crippen LogP contribution in [0.15, 0.2) is 0 Å². The highest BCUT2D eigenvalue weighted by atomic mass is 16.5. The van der Waals surface area contributed by atoms with Crippen molar-refractivity contribution in [1.82, 2.24) is 0 Å². The number of hydrogen-bond donors (Lipinski definition) is 0. The summed E-state index contributed by atoms with van der Waals surface area (Å²) >= 11 is 0. The van der Waals surface area contributed by atoms with E-state index in [1.807, 2.05) is 6.92 Å². The van der Waals surface area contributed by atoms with Crippen molar-refractivity contribution in [3.63, 3.8) is 0 Å². The predicted molar refractivity (Wildman–Crippen MR) is 60.7 cm³/mol. The van der Waals surface area contributed by atoms with Gasteiger partial charge in [-0.2, -0.15) is 0 Å². The monoisotopic (exact) mass is 216 g/mol. The molecule has 0 aromatic rings. The predicted octanol–water partition coefficient (Wildman–Crippen LogP) is 2.64. The molecule has 0 radical (unpaired) electrons. The molecule has 0 rings (SSSR count). The molecule has 3 heteroatoms. The van der Waals surface area contributed by atoms with E-state index in [2.05, 4.69) is 13.8 Å². The van der Waals surface area contributed by atoms with Gasteiger partial charge in [-0.25, -0.2) is 0 Å². The molecule has 15 heavy (non-hydrogen) atoms. The topological polar surface area (TPSA) is 35.5 Å². The lowest BCUT2D eigenvalue weighted by Gasteiger charge is -2.15. The number of carbonyl (C=O) groups excluding carboxylic acids is 1. The SMILES string of the molecule is CCCOC(=O)C(CCC(C)C)COC. The Balaban J connectivity index is 3.94. The van der Waals surface area contributed by atoms with Crippen molar-refractivity contribution < 1.29 is 14.3 Å². The first-order chi connectivity index (χ1) is 7.11. The van der Waals surface area contributed by atoms with Crippen LogP contribution in [0.3, 0.4) is 0 Å². The van der Waals surface area contributed by atoms with E-state index in [1.54, 1.807) is 7.11 Å². The van der Waals surface area contributed by atoms with Gasteiger partial charge in [-0.15, -0.1) is 0 Å². The zero-order valence-corrected chi connectivity index (χ0v) is 10.4. The van der Waals surface area contributed by atoms with E-state index in [9.17, 15) is 4.79 Å². The lowest BCUT2D eigenvalue weighted by Crippen LogP contribution is -2.23. The molecule has 0 aliphatic heterocycles. The number of carbonyl (C=O) groups is 1. The minimum atomic E-state index is -0.112. The third kappa shape index (κ3) is 7.37. The van der Waals surface area contributed by atoms with Crippen molar-refractivity contribution in [3.8, 4) is 0 Å². The summed E-state index contributed by atoms with van der Waals surface area (Å²) < 4.78 is 10.2. The maximum absolute atomic E-state index is 11.6. The zero-order valence-electron chi connectivity index (χ0n) is 10.4. The van der Waals surface area contributed by atoms with Gasteiger partial charge in [-0.3, -0.25) is 4.79 Å². The minimum Gasteiger partial charge on any atom is -0.465 e. The number of hydrogen-bond acceptors (Lipinski definition) is 3. The van der Waals surface area contributed by atoms with E-state index < -0.39 is 0 Å². The molecule has 3 nitrogen and oxygen atoms in total. The molecule has 0 aromatic heterocycles. The van der Waals surface area contributed by atoms with Crippen molar-refractivity contribution in [2.24, 2.45) is 11.8 Å². The average Bonchev–Trinajstić information content (AvgIpc) is 2.20. The van der Waals surface area contributed by atoms with Crippen LogP contribution in [0.25, 0.3) is 0 Å². The molecule has 0 aromatic carbocycles. The summed E-state index contributed by atoms with van der Waals surface area (Å²) in [6.45, 7) is 7.28. The first kappa shape index (κ1) is 14.4. The van der Waals surface area contributed by atoms with Crippen molar-refractivity contribution in [2.75, 3.05) is 20.3 Å². The van der Waals surface area contributed by atoms with Crippen LogP contribution in [0.1, 0.15) is 40.0 Å². The zero-order chi connectivity index (χ0) is 11.7. The van der Waals surface area contributed by atoms with Crippen molar-refractivity contribution in [3.05, 3.63) is 0 Å². The third-order valence-electron chi connectivity index (χ3n) is 2.24. The molecular weight excluding hydrogens is 192 g/mol. The summed E-state index contributed by atoms with van der Waals surface area (Å²) in [7, 11) is 1.62. The average molecular weight is 216 g/mol. The fourth-order valence-electron chi connectivity index (χ4n) is 1.33. The van der Waals surface area contributed by atoms with Gasteiger partial charge in [0.2, 0.25) is 0 Å². The lowest BCUT2D eigenvalue weighted by molar-refractivity contribution is -0.150. The molecular formula is C12H24O3. The highest BCUT2D eigenvalue weighted by molar-refractivity contribution is 5.72. The summed E-state index contributed by atoms with van der Waals surface area (Å²) in [5.41, 5.74) is 0. The van der Waals surface area contributed by atoms with E-state index in [-0.39, 0.29) is 11.9 Å². The molecule has 0 bridgehead atoms. The van der Waals surface area contributed by atoms with Crippen LogP contribution in [0.2, 0.25) is 0 Å². The molecule has 0 aliphatic rings. The Morgan fingerprint density at radius 2 is 1.93 bits per heavy atom. The molecule has 0 heterocycles. The lowest BCUT2D eigenvalue weighted by atomic mass is 9.98. The van der Waals surface area contributed by atoms with Gasteiger partial charge in [0.15, 0.2) is 0 Å². The highest BCUT2D eigenvalue weighted by Gasteiger charge is 2.19. The van der Waals surface area contributed by atoms with Crippen LogP contribution in [-0.4, -0.2) is 26.3 Å². The molecule has 0 saturated heterocycles. The summed E-state index contributed by atoms with van der Waals surface area (Å²) in [6.07, 6.45) is 2.76. The largest absolute Gasteiger partial charge is 0.465 e. The maximum Gasteiger partial charge on any atom is 0.311 e. The van der Waals surface area contributed by atoms with Crippen LogP contribution < -0.4 is 0 Å². The van der Waals surface area contributed by atoms with Crippen molar-refractivity contribution in [1.29, 1.82) is 0 Å². The number of esters is 1. The Labute approximate surface area is 93.1 Å². The van der Waals surface area contributed by atoms with Gasteiger partial charge in [0, 0.05) is 7.11 Å². The Kier molecular flexibility index (Phi) is 8.38. The van der Waals surface area contributed by atoms with E-state index in [4.69, 9.17) is 9.47 Å². The Hall–Kier alpha value is -0.570. The second-order valence-electron chi connectivity index (χ2n) is 4.29. The first-order valence-electron chi connectivity index (χ1n) is 5.77. The van der Waals surface area contributed by atoms with E-state index in [1.165, 1.54) is 0 Å².